The molecule has 0 unspecified atom stereocenters. The highest BCUT2D eigenvalue weighted by molar-refractivity contribution is 6.13. The van der Waals surface area contributed by atoms with E-state index in [-0.39, 0.29) is 5.91 Å². The van der Waals surface area contributed by atoms with Gasteiger partial charge in [-0.1, -0.05) is 13.8 Å². The van der Waals surface area contributed by atoms with Crippen LogP contribution in [0.2, 0.25) is 0 Å². The Morgan fingerprint density at radius 3 is 2.28 bits per heavy atom. The molecule has 1 rings (SSSR count). The van der Waals surface area contributed by atoms with Gasteiger partial charge in [-0.25, -0.2) is 9.69 Å². The summed E-state index contributed by atoms with van der Waals surface area (Å²) in [5, 5.41) is 2.71. The van der Waals surface area contributed by atoms with E-state index in [0.29, 0.717) is 23.8 Å². The van der Waals surface area contributed by atoms with Crippen molar-refractivity contribution >= 4 is 23.3 Å². The van der Waals surface area contributed by atoms with Crippen LogP contribution in [-0.4, -0.2) is 18.5 Å². The van der Waals surface area contributed by atoms with E-state index in [2.05, 4.69) is 5.32 Å². The fourth-order valence-electron chi connectivity index (χ4n) is 1.44. The first kappa shape index (κ1) is 14.0. The van der Waals surface area contributed by atoms with Gasteiger partial charge < -0.3 is 11.1 Å². The molecule has 0 aliphatic carbocycles. The quantitative estimate of drug-likeness (QED) is 0.804. The number of amides is 3. The minimum atomic E-state index is -0.416. The van der Waals surface area contributed by atoms with Crippen LogP contribution in [0.15, 0.2) is 24.3 Å². The molecular formula is C13H19N3O2. The fraction of sp³-hybridized carbons (Fsp3) is 0.385. The van der Waals surface area contributed by atoms with Crippen LogP contribution in [0.5, 0.6) is 0 Å². The first-order valence-corrected chi connectivity index (χ1v) is 5.86. The molecule has 1 aromatic rings. The van der Waals surface area contributed by atoms with Gasteiger partial charge in [-0.2, -0.15) is 0 Å². The summed E-state index contributed by atoms with van der Waals surface area (Å²) >= 11 is 0. The molecule has 0 bridgehead atoms. The van der Waals surface area contributed by atoms with E-state index in [9.17, 15) is 9.59 Å². The highest BCUT2D eigenvalue weighted by Crippen LogP contribution is 2.16. The van der Waals surface area contributed by atoms with Crippen LogP contribution in [0.25, 0.3) is 0 Å². The van der Waals surface area contributed by atoms with Gasteiger partial charge in [-0.3, -0.25) is 4.79 Å². The molecule has 0 aromatic heterocycles. The van der Waals surface area contributed by atoms with Gasteiger partial charge in [0.2, 0.25) is 5.91 Å². The third-order valence-electron chi connectivity index (χ3n) is 2.33. The molecule has 3 amide bonds. The number of carbonyl (C=O) groups excluding carboxylic acids is 2. The molecule has 5 nitrogen and oxygen atoms in total. The molecule has 18 heavy (non-hydrogen) atoms. The van der Waals surface area contributed by atoms with Crippen molar-refractivity contribution < 1.29 is 9.59 Å². The number of imide groups is 1. The predicted molar refractivity (Wildman–Crippen MR) is 72.3 cm³/mol. The lowest BCUT2D eigenvalue weighted by atomic mass is 10.2. The Morgan fingerprint density at radius 1 is 1.28 bits per heavy atom. The highest BCUT2D eigenvalue weighted by atomic mass is 16.2. The lowest BCUT2D eigenvalue weighted by molar-refractivity contribution is -0.115. The van der Waals surface area contributed by atoms with Crippen molar-refractivity contribution in [1.82, 2.24) is 5.32 Å². The summed E-state index contributed by atoms with van der Waals surface area (Å²) in [6, 6.07) is 6.18. The van der Waals surface area contributed by atoms with Crippen LogP contribution in [0.4, 0.5) is 16.2 Å². The molecule has 5 heteroatoms. The Morgan fingerprint density at radius 2 is 1.83 bits per heavy atom. The summed E-state index contributed by atoms with van der Waals surface area (Å²) in [5.41, 5.74) is 6.67. The number of hydrogen-bond acceptors (Lipinski definition) is 3. The number of nitrogens with zero attached hydrogens (tertiary/aromatic N) is 1. The summed E-state index contributed by atoms with van der Waals surface area (Å²) in [6.07, 6.45) is 0. The maximum atomic E-state index is 11.9. The lowest BCUT2D eigenvalue weighted by Gasteiger charge is -2.20. The van der Waals surface area contributed by atoms with Crippen molar-refractivity contribution in [2.45, 2.75) is 20.8 Å². The average Bonchev–Trinajstić information content (AvgIpc) is 2.29. The molecular weight excluding hydrogens is 230 g/mol. The maximum absolute atomic E-state index is 11.9. The lowest BCUT2D eigenvalue weighted by Crippen LogP contribution is -2.44. The van der Waals surface area contributed by atoms with Gasteiger partial charge in [-0.15, -0.1) is 0 Å². The van der Waals surface area contributed by atoms with E-state index in [4.69, 9.17) is 5.73 Å². The molecule has 0 fully saturated rings. The van der Waals surface area contributed by atoms with Gasteiger partial charge in [0, 0.05) is 19.2 Å². The smallest absolute Gasteiger partial charge is 0.328 e. The largest absolute Gasteiger partial charge is 0.399 e. The van der Waals surface area contributed by atoms with Crippen LogP contribution >= 0.6 is 0 Å². The summed E-state index contributed by atoms with van der Waals surface area (Å²) in [5.74, 6) is -0.00444. The Balaban J connectivity index is 2.86. The van der Waals surface area contributed by atoms with E-state index < -0.39 is 6.03 Å². The molecule has 98 valence electrons. The van der Waals surface area contributed by atoms with Crippen molar-refractivity contribution in [1.29, 1.82) is 0 Å². The van der Waals surface area contributed by atoms with Crippen molar-refractivity contribution in [2.24, 2.45) is 5.92 Å². The topological polar surface area (TPSA) is 75.4 Å². The van der Waals surface area contributed by atoms with E-state index in [1.165, 1.54) is 6.92 Å². The zero-order valence-electron chi connectivity index (χ0n) is 10.9. The number of nitrogen functional groups attached to an aromatic ring is 1. The standard InChI is InChI=1S/C13H19N3O2/c1-9(2)8-15-13(18)16(10(3)17)12-6-4-11(14)5-7-12/h4-7,9H,8,14H2,1-3H3,(H,15,18). The summed E-state index contributed by atoms with van der Waals surface area (Å²) in [7, 11) is 0. The minimum Gasteiger partial charge on any atom is -0.399 e. The number of hydrogen-bond donors (Lipinski definition) is 2. The number of anilines is 2. The zero-order chi connectivity index (χ0) is 13.7. The Hall–Kier alpha value is -2.04. The fourth-order valence-corrected chi connectivity index (χ4v) is 1.44. The van der Waals surface area contributed by atoms with Crippen LogP contribution < -0.4 is 16.0 Å². The van der Waals surface area contributed by atoms with Crippen molar-refractivity contribution in [3.05, 3.63) is 24.3 Å². The Labute approximate surface area is 107 Å². The average molecular weight is 249 g/mol. The van der Waals surface area contributed by atoms with E-state index >= 15 is 0 Å². The second kappa shape index (κ2) is 6.05. The molecule has 0 saturated heterocycles. The molecule has 3 N–H and O–H groups in total. The SMILES string of the molecule is CC(=O)N(C(=O)NCC(C)C)c1ccc(N)cc1. The van der Waals surface area contributed by atoms with Gasteiger partial charge in [0.15, 0.2) is 0 Å². The minimum absolute atomic E-state index is 0.328. The highest BCUT2D eigenvalue weighted by Gasteiger charge is 2.19. The van der Waals surface area contributed by atoms with E-state index in [0.717, 1.165) is 4.90 Å². The number of nitrogens with two attached hydrogens (primary N) is 1. The van der Waals surface area contributed by atoms with Crippen LogP contribution in [-0.2, 0) is 4.79 Å². The first-order chi connectivity index (χ1) is 8.41. The number of nitrogens with one attached hydrogen (secondary N) is 1. The van der Waals surface area contributed by atoms with Gasteiger partial charge in [0.1, 0.15) is 0 Å². The molecule has 0 aliphatic rings. The monoisotopic (exact) mass is 249 g/mol. The van der Waals surface area contributed by atoms with E-state index in [1.807, 2.05) is 13.8 Å². The maximum Gasteiger partial charge on any atom is 0.328 e. The molecule has 0 atom stereocenters. The zero-order valence-corrected chi connectivity index (χ0v) is 10.9. The molecule has 0 radical (unpaired) electrons. The van der Waals surface area contributed by atoms with Crippen molar-refractivity contribution in [2.75, 3.05) is 17.2 Å². The molecule has 0 heterocycles. The number of carbonyl (C=O) groups is 2. The van der Waals surface area contributed by atoms with Gasteiger partial charge in [0.05, 0.1) is 5.69 Å². The Kier molecular flexibility index (Phi) is 4.71. The van der Waals surface area contributed by atoms with Crippen LogP contribution in [0, 0.1) is 5.92 Å². The summed E-state index contributed by atoms with van der Waals surface area (Å²) in [4.78, 5) is 24.6. The van der Waals surface area contributed by atoms with Gasteiger partial charge >= 0.3 is 6.03 Å². The third kappa shape index (κ3) is 3.76. The normalized spacial score (nSPS) is 10.2. The molecule has 0 saturated carbocycles. The second-order valence-electron chi connectivity index (χ2n) is 4.53. The summed E-state index contributed by atoms with van der Waals surface area (Å²) < 4.78 is 0. The van der Waals surface area contributed by atoms with Crippen LogP contribution in [0.3, 0.4) is 0 Å². The summed E-state index contributed by atoms with van der Waals surface area (Å²) in [6.45, 7) is 5.85. The first-order valence-electron chi connectivity index (χ1n) is 5.86. The Bertz CT molecular complexity index is 426. The number of urea groups is 1. The third-order valence-corrected chi connectivity index (χ3v) is 2.33. The van der Waals surface area contributed by atoms with Crippen molar-refractivity contribution in [3.63, 3.8) is 0 Å². The van der Waals surface area contributed by atoms with Crippen molar-refractivity contribution in [3.8, 4) is 0 Å². The molecule has 1 aromatic carbocycles. The molecule has 0 spiro atoms. The number of rotatable bonds is 3. The number of benzene rings is 1. The van der Waals surface area contributed by atoms with Gasteiger partial charge in [0.25, 0.3) is 0 Å². The molecule has 0 aliphatic heterocycles. The van der Waals surface area contributed by atoms with Gasteiger partial charge in [-0.05, 0) is 30.2 Å². The predicted octanol–water partition coefficient (Wildman–Crippen LogP) is 1.99. The second-order valence-corrected chi connectivity index (χ2v) is 4.53. The van der Waals surface area contributed by atoms with Crippen LogP contribution in [0.1, 0.15) is 20.8 Å². The van der Waals surface area contributed by atoms with E-state index in [1.54, 1.807) is 24.3 Å².